The van der Waals surface area contributed by atoms with Crippen molar-refractivity contribution < 1.29 is 28.6 Å². The number of nitrogens with one attached hydrogen (secondary N) is 1. The number of amides is 1. The van der Waals surface area contributed by atoms with Crippen molar-refractivity contribution in [2.75, 3.05) is 5.32 Å². The van der Waals surface area contributed by atoms with E-state index in [9.17, 15) is 19.1 Å². The quantitative estimate of drug-likeness (QED) is 0.143. The van der Waals surface area contributed by atoms with Crippen LogP contribution in [-0.2, 0) is 20.8 Å². The molecular formula is C39H47FN2O5. The maximum atomic E-state index is 14.3. The monoisotopic (exact) mass is 642 g/mol. The molecule has 47 heavy (non-hydrogen) atoms. The minimum Gasteiger partial charge on any atom is -0.460 e. The van der Waals surface area contributed by atoms with Crippen LogP contribution in [0.2, 0.25) is 0 Å². The van der Waals surface area contributed by atoms with E-state index in [-0.39, 0.29) is 43.1 Å². The zero-order chi connectivity index (χ0) is 34.3. The predicted molar refractivity (Wildman–Crippen MR) is 185 cm³/mol. The molecule has 0 spiro atoms. The van der Waals surface area contributed by atoms with E-state index in [0.717, 1.165) is 11.3 Å². The fraction of sp³-hybridized carbons (Fsp3) is 0.385. The average molecular weight is 643 g/mol. The molecule has 2 atom stereocenters. The van der Waals surface area contributed by atoms with Crippen molar-refractivity contribution in [1.82, 2.24) is 4.57 Å². The standard InChI is InChI=1S/C39H47FN2O5/c1-25(2)36-35(38(45)41-30-16-12-9-13-17-30)34(27-14-10-8-11-15-27)37(28-18-20-29(40)21-19-28)42(36)24-31(43)22-32(46-26(3)4)23-33(44)47-39(5,6)7/h8-21,25-26,31-32,43H,22-24H2,1-7H3,(H,41,45). The lowest BCUT2D eigenvalue weighted by molar-refractivity contribution is -0.159. The molecule has 0 radical (unpaired) electrons. The van der Waals surface area contributed by atoms with Crippen LogP contribution >= 0.6 is 0 Å². The lowest BCUT2D eigenvalue weighted by atomic mass is 9.94. The van der Waals surface area contributed by atoms with Gasteiger partial charge in [-0.1, -0.05) is 62.4 Å². The SMILES string of the molecule is CC(C)OC(CC(=O)OC(C)(C)C)CC(O)Cn1c(-c2ccc(F)cc2)c(-c2ccccc2)c(C(=O)Nc2ccccc2)c1C(C)C. The first kappa shape index (κ1) is 35.6. The smallest absolute Gasteiger partial charge is 0.308 e. The van der Waals surface area contributed by atoms with E-state index in [2.05, 4.69) is 5.32 Å². The van der Waals surface area contributed by atoms with Gasteiger partial charge in [0.2, 0.25) is 0 Å². The third-order valence-corrected chi connectivity index (χ3v) is 7.50. The number of carbonyl (C=O) groups is 2. The van der Waals surface area contributed by atoms with Gasteiger partial charge < -0.3 is 24.5 Å². The maximum absolute atomic E-state index is 14.3. The molecule has 0 saturated heterocycles. The number of carbonyl (C=O) groups excluding carboxylic acids is 2. The number of para-hydroxylation sites is 1. The van der Waals surface area contributed by atoms with Crippen LogP contribution in [0.25, 0.3) is 22.4 Å². The van der Waals surface area contributed by atoms with Gasteiger partial charge in [0, 0.05) is 29.9 Å². The van der Waals surface area contributed by atoms with Gasteiger partial charge in [-0.3, -0.25) is 9.59 Å². The fourth-order valence-corrected chi connectivity index (χ4v) is 5.90. The number of hydrogen-bond acceptors (Lipinski definition) is 5. The topological polar surface area (TPSA) is 89.8 Å². The molecule has 1 aromatic heterocycles. The number of nitrogens with zero attached hydrogens (tertiary/aromatic N) is 1. The Kier molecular flexibility index (Phi) is 11.8. The Hall–Kier alpha value is -4.27. The highest BCUT2D eigenvalue weighted by Gasteiger charge is 2.32. The third kappa shape index (κ3) is 9.62. The highest BCUT2D eigenvalue weighted by molar-refractivity contribution is 6.12. The Balaban J connectivity index is 1.87. The molecule has 0 aliphatic heterocycles. The molecule has 0 saturated carbocycles. The van der Waals surface area contributed by atoms with Crippen LogP contribution in [0.4, 0.5) is 10.1 Å². The first-order valence-corrected chi connectivity index (χ1v) is 16.2. The first-order valence-electron chi connectivity index (χ1n) is 16.2. The summed E-state index contributed by atoms with van der Waals surface area (Å²) >= 11 is 0. The summed E-state index contributed by atoms with van der Waals surface area (Å²) in [7, 11) is 0. The lowest BCUT2D eigenvalue weighted by Crippen LogP contribution is -2.32. The Bertz CT molecular complexity index is 1620. The number of ether oxygens (including phenoxy) is 2. The number of aromatic nitrogens is 1. The minimum absolute atomic E-state index is 0.0138. The summed E-state index contributed by atoms with van der Waals surface area (Å²) in [6, 6.07) is 25.0. The van der Waals surface area contributed by atoms with Crippen LogP contribution in [0.3, 0.4) is 0 Å². The molecule has 3 aromatic carbocycles. The van der Waals surface area contributed by atoms with E-state index in [1.54, 1.807) is 12.1 Å². The van der Waals surface area contributed by atoms with Gasteiger partial charge >= 0.3 is 5.97 Å². The fourth-order valence-electron chi connectivity index (χ4n) is 5.90. The van der Waals surface area contributed by atoms with Crippen molar-refractivity contribution in [3.05, 3.63) is 102 Å². The molecule has 4 aromatic rings. The molecule has 250 valence electrons. The molecule has 2 unspecified atom stereocenters. The van der Waals surface area contributed by atoms with Crippen molar-refractivity contribution in [2.24, 2.45) is 0 Å². The normalized spacial score (nSPS) is 13.1. The van der Waals surface area contributed by atoms with Crippen LogP contribution in [-0.4, -0.2) is 45.5 Å². The molecule has 4 rings (SSSR count). The van der Waals surface area contributed by atoms with Crippen LogP contribution < -0.4 is 5.32 Å². The third-order valence-electron chi connectivity index (χ3n) is 7.50. The zero-order valence-electron chi connectivity index (χ0n) is 28.4. The number of rotatable bonds is 13. The van der Waals surface area contributed by atoms with Crippen LogP contribution in [0.1, 0.15) is 83.3 Å². The van der Waals surface area contributed by atoms with Crippen molar-refractivity contribution in [1.29, 1.82) is 0 Å². The Labute approximate surface area is 277 Å². The summed E-state index contributed by atoms with van der Waals surface area (Å²) < 4.78 is 27.8. The van der Waals surface area contributed by atoms with Gasteiger partial charge in [0.1, 0.15) is 11.4 Å². The molecule has 8 heteroatoms. The Morgan fingerprint density at radius 1 is 0.872 bits per heavy atom. The zero-order valence-corrected chi connectivity index (χ0v) is 28.4. The molecule has 1 amide bonds. The summed E-state index contributed by atoms with van der Waals surface area (Å²) in [5, 5.41) is 14.7. The molecular weight excluding hydrogens is 595 g/mol. The molecule has 7 nitrogen and oxygen atoms in total. The van der Waals surface area contributed by atoms with Crippen LogP contribution in [0.15, 0.2) is 84.9 Å². The molecule has 0 aliphatic carbocycles. The second-order valence-electron chi connectivity index (χ2n) is 13.4. The predicted octanol–water partition coefficient (Wildman–Crippen LogP) is 8.61. The summed E-state index contributed by atoms with van der Waals surface area (Å²) in [6.45, 7) is 13.3. The van der Waals surface area contributed by atoms with E-state index in [0.29, 0.717) is 28.1 Å². The van der Waals surface area contributed by atoms with E-state index >= 15 is 0 Å². The lowest BCUT2D eigenvalue weighted by Gasteiger charge is -2.26. The van der Waals surface area contributed by atoms with Gasteiger partial charge in [0.15, 0.2) is 0 Å². The van der Waals surface area contributed by atoms with Crippen LogP contribution in [0, 0.1) is 5.82 Å². The van der Waals surface area contributed by atoms with Gasteiger partial charge in [-0.15, -0.1) is 0 Å². The summed E-state index contributed by atoms with van der Waals surface area (Å²) in [4.78, 5) is 27.1. The average Bonchev–Trinajstić information content (AvgIpc) is 3.32. The molecule has 2 N–H and O–H groups in total. The maximum Gasteiger partial charge on any atom is 0.308 e. The van der Waals surface area contributed by atoms with Gasteiger partial charge in [0.05, 0.1) is 36.0 Å². The number of benzene rings is 3. The number of hydrogen-bond donors (Lipinski definition) is 2. The first-order chi connectivity index (χ1) is 22.2. The number of esters is 1. The van der Waals surface area contributed by atoms with Crippen molar-refractivity contribution >= 4 is 17.6 Å². The highest BCUT2D eigenvalue weighted by atomic mass is 19.1. The Morgan fingerprint density at radius 3 is 2.02 bits per heavy atom. The molecule has 1 heterocycles. The van der Waals surface area contributed by atoms with Gasteiger partial charge in [-0.25, -0.2) is 4.39 Å². The van der Waals surface area contributed by atoms with Crippen LogP contribution in [0.5, 0.6) is 0 Å². The van der Waals surface area contributed by atoms with Gasteiger partial charge in [-0.05, 0) is 88.1 Å². The number of anilines is 1. The minimum atomic E-state index is -0.959. The second kappa shape index (κ2) is 15.5. The second-order valence-corrected chi connectivity index (χ2v) is 13.4. The van der Waals surface area contributed by atoms with Gasteiger partial charge in [0.25, 0.3) is 5.91 Å². The van der Waals surface area contributed by atoms with E-state index < -0.39 is 23.8 Å². The highest BCUT2D eigenvalue weighted by Crippen LogP contribution is 2.42. The summed E-state index contributed by atoms with van der Waals surface area (Å²) in [5.41, 5.74) is 4.08. The Morgan fingerprint density at radius 2 is 1.47 bits per heavy atom. The number of halogens is 1. The molecule has 0 aliphatic rings. The summed E-state index contributed by atoms with van der Waals surface area (Å²) in [5.74, 6) is -1.21. The van der Waals surface area contributed by atoms with E-state index in [1.165, 1.54) is 12.1 Å². The number of aliphatic hydroxyl groups excluding tert-OH is 1. The van der Waals surface area contributed by atoms with Gasteiger partial charge in [-0.2, -0.15) is 0 Å². The van der Waals surface area contributed by atoms with E-state index in [4.69, 9.17) is 9.47 Å². The summed E-state index contributed by atoms with van der Waals surface area (Å²) in [6.07, 6.45) is -1.59. The van der Waals surface area contributed by atoms with E-state index in [1.807, 2.05) is 114 Å². The number of aliphatic hydroxyl groups is 1. The largest absolute Gasteiger partial charge is 0.460 e. The van der Waals surface area contributed by atoms with Crippen molar-refractivity contribution in [2.45, 2.75) is 97.7 Å². The van der Waals surface area contributed by atoms with Crippen molar-refractivity contribution in [3.8, 4) is 22.4 Å². The van der Waals surface area contributed by atoms with Crippen molar-refractivity contribution in [3.63, 3.8) is 0 Å². The molecule has 0 bridgehead atoms. The molecule has 0 fully saturated rings.